The van der Waals surface area contributed by atoms with E-state index in [9.17, 15) is 18.7 Å². The number of methoxy groups -OCH3 is 1. The van der Waals surface area contributed by atoms with E-state index in [-0.39, 0.29) is 28.0 Å². The van der Waals surface area contributed by atoms with Crippen LogP contribution in [0.15, 0.2) is 30.3 Å². The highest BCUT2D eigenvalue weighted by Gasteiger charge is 2.19. The molecule has 0 unspecified atom stereocenters. The molecule has 0 aromatic heterocycles. The fourth-order valence-electron chi connectivity index (χ4n) is 1.96. The van der Waals surface area contributed by atoms with Gasteiger partial charge in [-0.25, -0.2) is 13.6 Å². The van der Waals surface area contributed by atoms with E-state index < -0.39 is 17.6 Å². The number of aromatic carboxylic acids is 1. The zero-order chi connectivity index (χ0) is 14.9. The minimum absolute atomic E-state index is 0.0133. The van der Waals surface area contributed by atoms with Crippen molar-refractivity contribution in [3.63, 3.8) is 0 Å². The third kappa shape index (κ3) is 2.34. The van der Waals surface area contributed by atoms with E-state index in [1.807, 2.05) is 0 Å². The lowest BCUT2D eigenvalue weighted by Crippen LogP contribution is -2.03. The third-order valence-corrected chi connectivity index (χ3v) is 3.00. The maximum Gasteiger partial charge on any atom is 0.336 e. The van der Waals surface area contributed by atoms with E-state index in [4.69, 9.17) is 4.74 Å². The molecule has 0 heterocycles. The maximum atomic E-state index is 14.2. The summed E-state index contributed by atoms with van der Waals surface area (Å²) in [4.78, 5) is 11.2. The van der Waals surface area contributed by atoms with E-state index in [0.29, 0.717) is 0 Å². The molecule has 0 saturated carbocycles. The maximum absolute atomic E-state index is 14.2. The highest BCUT2D eigenvalue weighted by atomic mass is 19.1. The second-order valence-corrected chi connectivity index (χ2v) is 4.27. The minimum Gasteiger partial charge on any atom is -0.494 e. The SMILES string of the molecule is COc1cccc(-c2cc(F)c(C)cc2C(=O)O)c1F. The van der Waals surface area contributed by atoms with Crippen LogP contribution in [0.2, 0.25) is 0 Å². The molecule has 5 heteroatoms. The fraction of sp³-hybridized carbons (Fsp3) is 0.133. The summed E-state index contributed by atoms with van der Waals surface area (Å²) >= 11 is 0. The van der Waals surface area contributed by atoms with Gasteiger partial charge in [0.25, 0.3) is 0 Å². The summed E-state index contributed by atoms with van der Waals surface area (Å²) in [5.74, 6) is -2.59. The molecular weight excluding hydrogens is 266 g/mol. The highest BCUT2D eigenvalue weighted by Crippen LogP contribution is 2.32. The van der Waals surface area contributed by atoms with Gasteiger partial charge in [-0.15, -0.1) is 0 Å². The van der Waals surface area contributed by atoms with Crippen LogP contribution in [0.5, 0.6) is 5.75 Å². The average molecular weight is 278 g/mol. The van der Waals surface area contributed by atoms with E-state index in [2.05, 4.69) is 0 Å². The second-order valence-electron chi connectivity index (χ2n) is 4.27. The summed E-state index contributed by atoms with van der Waals surface area (Å²) < 4.78 is 32.7. The molecule has 0 atom stereocenters. The largest absolute Gasteiger partial charge is 0.494 e. The zero-order valence-corrected chi connectivity index (χ0v) is 10.9. The average Bonchev–Trinajstić information content (AvgIpc) is 2.41. The van der Waals surface area contributed by atoms with Gasteiger partial charge in [0, 0.05) is 11.1 Å². The predicted octanol–water partition coefficient (Wildman–Crippen LogP) is 3.65. The standard InChI is InChI=1S/C15H12F2O3/c1-8-6-11(15(18)19)10(7-12(8)16)9-4-3-5-13(20-2)14(9)17/h3-7H,1-2H3,(H,18,19). The molecule has 2 rings (SSSR count). The Morgan fingerprint density at radius 3 is 2.50 bits per heavy atom. The van der Waals surface area contributed by atoms with Gasteiger partial charge in [-0.05, 0) is 30.7 Å². The van der Waals surface area contributed by atoms with E-state index in [1.54, 1.807) is 0 Å². The van der Waals surface area contributed by atoms with Crippen LogP contribution in [-0.2, 0) is 0 Å². The lowest BCUT2D eigenvalue weighted by atomic mass is 9.96. The number of carboxylic acid groups (broad SMARTS) is 1. The summed E-state index contributed by atoms with van der Waals surface area (Å²) in [7, 11) is 1.30. The number of rotatable bonds is 3. The van der Waals surface area contributed by atoms with Crippen LogP contribution in [0.3, 0.4) is 0 Å². The Hall–Kier alpha value is -2.43. The summed E-state index contributed by atoms with van der Waals surface area (Å²) in [5.41, 5.74) is 0.00292. The molecule has 0 aliphatic rings. The summed E-state index contributed by atoms with van der Waals surface area (Å²) in [5, 5.41) is 9.18. The molecule has 0 amide bonds. The lowest BCUT2D eigenvalue weighted by Gasteiger charge is -2.11. The number of carbonyl (C=O) groups is 1. The molecule has 104 valence electrons. The molecule has 2 aromatic carbocycles. The van der Waals surface area contributed by atoms with Crippen LogP contribution in [0.4, 0.5) is 8.78 Å². The van der Waals surface area contributed by atoms with Gasteiger partial charge >= 0.3 is 5.97 Å². The van der Waals surface area contributed by atoms with Crippen molar-refractivity contribution >= 4 is 5.97 Å². The topological polar surface area (TPSA) is 46.5 Å². The number of halogens is 2. The van der Waals surface area contributed by atoms with Crippen molar-refractivity contribution in [3.05, 3.63) is 53.1 Å². The van der Waals surface area contributed by atoms with Gasteiger partial charge in [0.15, 0.2) is 11.6 Å². The fourth-order valence-corrected chi connectivity index (χ4v) is 1.96. The molecule has 0 radical (unpaired) electrons. The predicted molar refractivity (Wildman–Crippen MR) is 70.0 cm³/mol. The molecule has 0 aliphatic carbocycles. The van der Waals surface area contributed by atoms with E-state index >= 15 is 0 Å². The molecule has 20 heavy (non-hydrogen) atoms. The highest BCUT2D eigenvalue weighted by molar-refractivity contribution is 5.96. The van der Waals surface area contributed by atoms with Crippen LogP contribution >= 0.6 is 0 Å². The first-order valence-corrected chi connectivity index (χ1v) is 5.82. The van der Waals surface area contributed by atoms with Gasteiger partial charge in [0.05, 0.1) is 12.7 Å². The Kier molecular flexibility index (Phi) is 3.70. The number of carboxylic acids is 1. The number of hydrogen-bond acceptors (Lipinski definition) is 2. The summed E-state index contributed by atoms with van der Waals surface area (Å²) in [6.07, 6.45) is 0. The van der Waals surface area contributed by atoms with Gasteiger partial charge < -0.3 is 9.84 Å². The number of ether oxygens (including phenoxy) is 1. The van der Waals surface area contributed by atoms with Gasteiger partial charge in [-0.3, -0.25) is 0 Å². The van der Waals surface area contributed by atoms with Crippen molar-refractivity contribution in [2.75, 3.05) is 7.11 Å². The molecule has 2 aromatic rings. The molecule has 1 N–H and O–H groups in total. The number of benzene rings is 2. The quantitative estimate of drug-likeness (QED) is 0.932. The van der Waals surface area contributed by atoms with E-state index in [0.717, 1.165) is 6.07 Å². The lowest BCUT2D eigenvalue weighted by molar-refractivity contribution is 0.0697. The van der Waals surface area contributed by atoms with E-state index in [1.165, 1.54) is 38.3 Å². The molecule has 0 spiro atoms. The Bertz CT molecular complexity index is 681. The molecule has 0 fully saturated rings. The van der Waals surface area contributed by atoms with Crippen molar-refractivity contribution in [1.82, 2.24) is 0 Å². The van der Waals surface area contributed by atoms with Gasteiger partial charge in [-0.2, -0.15) is 0 Å². The monoisotopic (exact) mass is 278 g/mol. The molecule has 0 bridgehead atoms. The van der Waals surface area contributed by atoms with Gasteiger partial charge in [0.1, 0.15) is 5.82 Å². The Morgan fingerprint density at radius 1 is 1.20 bits per heavy atom. The Morgan fingerprint density at radius 2 is 1.90 bits per heavy atom. The zero-order valence-electron chi connectivity index (χ0n) is 10.9. The molecule has 3 nitrogen and oxygen atoms in total. The number of hydrogen-bond donors (Lipinski definition) is 1. The summed E-state index contributed by atoms with van der Waals surface area (Å²) in [6, 6.07) is 6.52. The van der Waals surface area contributed by atoms with Gasteiger partial charge in [0.2, 0.25) is 0 Å². The minimum atomic E-state index is -1.25. The molecule has 0 aliphatic heterocycles. The smallest absolute Gasteiger partial charge is 0.336 e. The first-order valence-electron chi connectivity index (χ1n) is 5.82. The van der Waals surface area contributed by atoms with Crippen LogP contribution in [0.25, 0.3) is 11.1 Å². The number of aryl methyl sites for hydroxylation is 1. The molecular formula is C15H12F2O3. The van der Waals surface area contributed by atoms with Crippen molar-refractivity contribution < 1.29 is 23.4 Å². The van der Waals surface area contributed by atoms with Crippen LogP contribution < -0.4 is 4.74 Å². The summed E-state index contributed by atoms with van der Waals surface area (Å²) in [6.45, 7) is 1.45. The van der Waals surface area contributed by atoms with Crippen LogP contribution in [0.1, 0.15) is 15.9 Å². The van der Waals surface area contributed by atoms with Crippen LogP contribution in [0, 0.1) is 18.6 Å². The van der Waals surface area contributed by atoms with Crippen LogP contribution in [-0.4, -0.2) is 18.2 Å². The van der Waals surface area contributed by atoms with Crippen molar-refractivity contribution in [2.24, 2.45) is 0 Å². The molecule has 0 saturated heterocycles. The Balaban J connectivity index is 2.75. The normalized spacial score (nSPS) is 10.4. The second kappa shape index (κ2) is 5.28. The van der Waals surface area contributed by atoms with Crippen molar-refractivity contribution in [3.8, 4) is 16.9 Å². The van der Waals surface area contributed by atoms with Crippen molar-refractivity contribution in [2.45, 2.75) is 6.92 Å². The first kappa shape index (κ1) is 14.0. The third-order valence-electron chi connectivity index (χ3n) is 3.00. The first-order chi connectivity index (χ1) is 9.45. The Labute approximate surface area is 114 Å². The van der Waals surface area contributed by atoms with Crippen molar-refractivity contribution in [1.29, 1.82) is 0 Å². The van der Waals surface area contributed by atoms with Gasteiger partial charge in [-0.1, -0.05) is 12.1 Å².